The van der Waals surface area contributed by atoms with Crippen molar-refractivity contribution in [1.29, 1.82) is 0 Å². The Labute approximate surface area is 204 Å². The van der Waals surface area contributed by atoms with Crippen molar-refractivity contribution in [1.82, 2.24) is 10.0 Å². The van der Waals surface area contributed by atoms with Gasteiger partial charge in [-0.1, -0.05) is 67.4 Å². The summed E-state index contributed by atoms with van der Waals surface area (Å²) >= 11 is 5.73. The molecule has 3 rings (SSSR count). The average molecular weight is 503 g/mol. The number of sulfonamides is 1. The minimum absolute atomic E-state index is 0.0436. The summed E-state index contributed by atoms with van der Waals surface area (Å²) in [7, 11) is -3.67. The normalized spacial score (nSPS) is 10.6. The maximum Gasteiger partial charge on any atom is 0.322 e. The van der Waals surface area contributed by atoms with E-state index in [2.05, 4.69) is 47.3 Å². The molecular formula is C25H27ClN2O5S. The number of hydrogen-bond donors (Lipinski definition) is 3. The highest BCUT2D eigenvalue weighted by molar-refractivity contribution is 7.89. The van der Waals surface area contributed by atoms with Gasteiger partial charge in [-0.05, 0) is 53.9 Å². The van der Waals surface area contributed by atoms with Crippen molar-refractivity contribution < 1.29 is 23.1 Å². The lowest BCUT2D eigenvalue weighted by molar-refractivity contribution is -0.135. The molecular weight excluding hydrogens is 476 g/mol. The quantitative estimate of drug-likeness (QED) is 0.404. The molecule has 3 aromatic carbocycles. The number of hydrogen-bond acceptors (Lipinski definition) is 4. The number of carbonyl (C=O) groups excluding carboxylic acids is 1. The Hall–Kier alpha value is -3.20. The van der Waals surface area contributed by atoms with Crippen LogP contribution < -0.4 is 10.0 Å². The van der Waals surface area contributed by atoms with Gasteiger partial charge in [-0.2, -0.15) is 0 Å². The predicted octanol–water partition coefficient (Wildman–Crippen LogP) is 4.27. The van der Waals surface area contributed by atoms with Crippen molar-refractivity contribution in [2.45, 2.75) is 31.2 Å². The third-order valence-electron chi connectivity index (χ3n) is 4.59. The van der Waals surface area contributed by atoms with Crippen LogP contribution in [0.4, 0.5) is 0 Å². The largest absolute Gasteiger partial charge is 0.480 e. The van der Waals surface area contributed by atoms with Crippen LogP contribution in [-0.2, 0) is 27.8 Å². The number of nitrogens with one attached hydrogen (secondary N) is 2. The highest BCUT2D eigenvalue weighted by atomic mass is 35.5. The van der Waals surface area contributed by atoms with Crippen LogP contribution in [0.15, 0.2) is 83.8 Å². The molecule has 7 nitrogen and oxygen atoms in total. The van der Waals surface area contributed by atoms with E-state index in [4.69, 9.17) is 16.7 Å². The first-order chi connectivity index (χ1) is 16.2. The van der Waals surface area contributed by atoms with Gasteiger partial charge in [0.1, 0.15) is 6.54 Å². The van der Waals surface area contributed by atoms with Gasteiger partial charge < -0.3 is 10.4 Å². The van der Waals surface area contributed by atoms with E-state index < -0.39 is 28.4 Å². The second-order valence-corrected chi connectivity index (χ2v) is 9.49. The van der Waals surface area contributed by atoms with Crippen molar-refractivity contribution >= 4 is 33.5 Å². The smallest absolute Gasteiger partial charge is 0.322 e. The zero-order valence-electron chi connectivity index (χ0n) is 18.7. The average Bonchev–Trinajstić information content (AvgIpc) is 2.83. The molecule has 0 aliphatic heterocycles. The first-order valence-electron chi connectivity index (χ1n) is 10.6. The molecule has 0 heterocycles. The molecule has 3 aromatic rings. The number of carboxylic acids is 1. The fourth-order valence-corrected chi connectivity index (χ4v) is 3.98. The SMILES string of the molecule is CCCc1ccccc1.O=C(O)CNC(=O)c1ccc(CNS(=O)(=O)c2ccc(Cl)cc2)cc1. The molecule has 0 spiro atoms. The number of carboxylic acid groups (broad SMARTS) is 1. The van der Waals surface area contributed by atoms with E-state index in [0.29, 0.717) is 10.6 Å². The predicted molar refractivity (Wildman–Crippen MR) is 132 cm³/mol. The van der Waals surface area contributed by atoms with E-state index in [1.165, 1.54) is 54.8 Å². The van der Waals surface area contributed by atoms with Gasteiger partial charge in [-0.3, -0.25) is 9.59 Å². The van der Waals surface area contributed by atoms with Crippen LogP contribution in [0.2, 0.25) is 5.02 Å². The maximum atomic E-state index is 12.2. The van der Waals surface area contributed by atoms with Gasteiger partial charge in [0, 0.05) is 17.1 Å². The molecule has 1 amide bonds. The van der Waals surface area contributed by atoms with E-state index in [-0.39, 0.29) is 17.0 Å². The lowest BCUT2D eigenvalue weighted by Gasteiger charge is -2.08. The molecule has 9 heteroatoms. The third-order valence-corrected chi connectivity index (χ3v) is 6.26. The molecule has 0 fully saturated rings. The second-order valence-electron chi connectivity index (χ2n) is 7.29. The molecule has 0 atom stereocenters. The van der Waals surface area contributed by atoms with E-state index in [0.717, 1.165) is 0 Å². The van der Waals surface area contributed by atoms with Crippen LogP contribution in [0.3, 0.4) is 0 Å². The molecule has 0 radical (unpaired) electrons. The molecule has 0 saturated heterocycles. The van der Waals surface area contributed by atoms with Gasteiger partial charge in [0.2, 0.25) is 10.0 Å². The summed E-state index contributed by atoms with van der Waals surface area (Å²) in [6.45, 7) is 1.77. The van der Waals surface area contributed by atoms with E-state index in [9.17, 15) is 18.0 Å². The summed E-state index contributed by atoms with van der Waals surface area (Å²) < 4.78 is 26.8. The van der Waals surface area contributed by atoms with Crippen molar-refractivity contribution in [3.05, 3.63) is 101 Å². The molecule has 0 aliphatic rings. The van der Waals surface area contributed by atoms with Gasteiger partial charge >= 0.3 is 5.97 Å². The summed E-state index contributed by atoms with van der Waals surface area (Å²) in [5.74, 6) is -1.66. The Morgan fingerprint density at radius 2 is 1.50 bits per heavy atom. The van der Waals surface area contributed by atoms with Gasteiger partial charge in [-0.25, -0.2) is 13.1 Å². The Bertz CT molecular complexity index is 1170. The lowest BCUT2D eigenvalue weighted by atomic mass is 10.1. The van der Waals surface area contributed by atoms with Crippen molar-refractivity contribution in [3.8, 4) is 0 Å². The van der Waals surface area contributed by atoms with Gasteiger partial charge in [0.05, 0.1) is 4.90 Å². The minimum atomic E-state index is -3.67. The number of amides is 1. The molecule has 34 heavy (non-hydrogen) atoms. The van der Waals surface area contributed by atoms with E-state index in [1.807, 2.05) is 0 Å². The third kappa shape index (κ3) is 9.35. The van der Waals surface area contributed by atoms with Crippen molar-refractivity contribution in [3.63, 3.8) is 0 Å². The number of aliphatic carboxylic acids is 1. The van der Waals surface area contributed by atoms with Crippen LogP contribution in [0.25, 0.3) is 0 Å². The van der Waals surface area contributed by atoms with Crippen molar-refractivity contribution in [2.75, 3.05) is 6.54 Å². The Morgan fingerprint density at radius 1 is 0.882 bits per heavy atom. The van der Waals surface area contributed by atoms with Crippen LogP contribution in [0, 0.1) is 0 Å². The first kappa shape index (κ1) is 27.0. The summed E-state index contributed by atoms with van der Waals surface area (Å²) in [6.07, 6.45) is 2.45. The van der Waals surface area contributed by atoms with Crippen molar-refractivity contribution in [2.24, 2.45) is 0 Å². The fourth-order valence-electron chi connectivity index (χ4n) is 2.84. The topological polar surface area (TPSA) is 113 Å². The fraction of sp³-hybridized carbons (Fsp3) is 0.200. The molecule has 0 bridgehead atoms. The zero-order chi connectivity index (χ0) is 25.0. The summed E-state index contributed by atoms with van der Waals surface area (Å²) in [5, 5.41) is 11.2. The minimum Gasteiger partial charge on any atom is -0.480 e. The standard InChI is InChI=1S/C16H15ClN2O5S.C9H12/c17-13-5-7-14(8-6-13)25(23,24)19-9-11-1-3-12(4-2-11)16(22)18-10-15(20)21;1-2-6-9-7-4-3-5-8-9/h1-8,19H,9-10H2,(H,18,22)(H,20,21);3-5,7-8H,2,6H2,1H3. The van der Waals surface area contributed by atoms with Crippen LogP contribution in [0.1, 0.15) is 34.8 Å². The number of rotatable bonds is 9. The Balaban J connectivity index is 0.000000379. The molecule has 3 N–H and O–H groups in total. The highest BCUT2D eigenvalue weighted by Crippen LogP contribution is 2.14. The summed E-state index contributed by atoms with van der Waals surface area (Å²) in [6, 6.07) is 22.5. The van der Waals surface area contributed by atoms with E-state index in [1.54, 1.807) is 12.1 Å². The lowest BCUT2D eigenvalue weighted by Crippen LogP contribution is -2.29. The first-order valence-corrected chi connectivity index (χ1v) is 12.5. The molecule has 0 aliphatic carbocycles. The monoisotopic (exact) mass is 502 g/mol. The van der Waals surface area contributed by atoms with Gasteiger partial charge in [0.15, 0.2) is 0 Å². The van der Waals surface area contributed by atoms with E-state index >= 15 is 0 Å². The maximum absolute atomic E-state index is 12.2. The zero-order valence-corrected chi connectivity index (χ0v) is 20.3. The van der Waals surface area contributed by atoms with Crippen LogP contribution in [-0.4, -0.2) is 31.9 Å². The van der Waals surface area contributed by atoms with Gasteiger partial charge in [-0.15, -0.1) is 0 Å². The van der Waals surface area contributed by atoms with Crippen LogP contribution in [0.5, 0.6) is 0 Å². The summed E-state index contributed by atoms with van der Waals surface area (Å²) in [4.78, 5) is 22.2. The Morgan fingerprint density at radius 3 is 2.06 bits per heavy atom. The highest BCUT2D eigenvalue weighted by Gasteiger charge is 2.13. The van der Waals surface area contributed by atoms with Gasteiger partial charge in [0.25, 0.3) is 5.91 Å². The molecule has 180 valence electrons. The Kier molecular flexibility index (Phi) is 10.7. The number of aryl methyl sites for hydroxylation is 1. The van der Waals surface area contributed by atoms with Crippen LogP contribution >= 0.6 is 11.6 Å². The summed E-state index contributed by atoms with van der Waals surface area (Å²) in [5.41, 5.74) is 2.37. The molecule has 0 aromatic heterocycles. The molecule has 0 unspecified atom stereocenters. The number of halogens is 1. The number of carbonyl (C=O) groups is 2. The molecule has 0 saturated carbocycles. The second kappa shape index (κ2) is 13.5. The number of benzene rings is 3.